The molecule has 0 spiro atoms. The van der Waals surface area contributed by atoms with Gasteiger partial charge in [0.2, 0.25) is 0 Å². The van der Waals surface area contributed by atoms with Crippen LogP contribution in [0.25, 0.3) is 21.6 Å². The van der Waals surface area contributed by atoms with Gasteiger partial charge in [-0.05, 0) is 49.1 Å². The number of nitrogens with two attached hydrogens (primary N) is 1. The molecule has 0 aromatic carbocycles. The predicted octanol–water partition coefficient (Wildman–Crippen LogP) is 3.89. The minimum atomic E-state index is 0.764. The third-order valence-corrected chi connectivity index (χ3v) is 6.09. The van der Waals surface area contributed by atoms with Crippen molar-refractivity contribution in [2.24, 2.45) is 5.84 Å². The number of nitrogens with zero attached hydrogens (tertiary/aromatic N) is 2. The normalized spacial score (nSPS) is 14.4. The number of hydrogen-bond donors (Lipinski definition) is 2. The third-order valence-electron chi connectivity index (χ3n) is 4.05. The van der Waals surface area contributed by atoms with Crippen LogP contribution in [-0.4, -0.2) is 9.97 Å². The van der Waals surface area contributed by atoms with Crippen molar-refractivity contribution in [2.75, 3.05) is 5.43 Å². The predicted molar refractivity (Wildman–Crippen MR) is 89.9 cm³/mol. The number of aryl methyl sites for hydroxylation is 3. The first kappa shape index (κ1) is 13.2. The van der Waals surface area contributed by atoms with Gasteiger partial charge in [-0.15, -0.1) is 11.3 Å². The van der Waals surface area contributed by atoms with Crippen LogP contribution >= 0.6 is 22.7 Å². The van der Waals surface area contributed by atoms with Crippen molar-refractivity contribution in [3.05, 3.63) is 26.8 Å². The zero-order chi connectivity index (χ0) is 14.4. The van der Waals surface area contributed by atoms with Crippen LogP contribution in [0.2, 0.25) is 0 Å². The number of hydrazine groups is 1. The lowest BCUT2D eigenvalue weighted by molar-refractivity contribution is 0.700. The van der Waals surface area contributed by atoms with Crippen LogP contribution in [0.3, 0.4) is 0 Å². The van der Waals surface area contributed by atoms with Crippen LogP contribution in [0.15, 0.2) is 10.8 Å². The van der Waals surface area contributed by atoms with Crippen LogP contribution in [0.1, 0.15) is 28.8 Å². The van der Waals surface area contributed by atoms with Gasteiger partial charge in [-0.1, -0.05) is 0 Å². The molecule has 0 atom stereocenters. The second-order valence-corrected chi connectivity index (χ2v) is 7.23. The quantitative estimate of drug-likeness (QED) is 0.556. The van der Waals surface area contributed by atoms with E-state index in [1.54, 1.807) is 22.7 Å². The molecule has 0 saturated carbocycles. The molecule has 0 aliphatic heterocycles. The molecule has 0 radical (unpaired) electrons. The maximum absolute atomic E-state index is 5.74. The second kappa shape index (κ2) is 5.05. The number of fused-ring (bicyclic) bond motifs is 3. The van der Waals surface area contributed by atoms with Gasteiger partial charge < -0.3 is 5.43 Å². The van der Waals surface area contributed by atoms with Gasteiger partial charge in [0.1, 0.15) is 4.83 Å². The average Bonchev–Trinajstić information content (AvgIpc) is 3.09. The number of hydrogen-bond acceptors (Lipinski definition) is 6. The molecule has 0 bridgehead atoms. The van der Waals surface area contributed by atoms with E-state index >= 15 is 0 Å². The van der Waals surface area contributed by atoms with Gasteiger partial charge in [0.15, 0.2) is 11.6 Å². The van der Waals surface area contributed by atoms with Crippen LogP contribution in [0, 0.1) is 6.92 Å². The molecular weight excluding hydrogens is 300 g/mol. The van der Waals surface area contributed by atoms with Crippen molar-refractivity contribution in [3.63, 3.8) is 0 Å². The monoisotopic (exact) mass is 316 g/mol. The molecule has 0 amide bonds. The fourth-order valence-electron chi connectivity index (χ4n) is 2.97. The Hall–Kier alpha value is -1.50. The first-order chi connectivity index (χ1) is 10.3. The first-order valence-electron chi connectivity index (χ1n) is 7.10. The van der Waals surface area contributed by atoms with E-state index in [1.807, 2.05) is 0 Å². The molecule has 3 aromatic rings. The van der Waals surface area contributed by atoms with E-state index in [2.05, 4.69) is 28.1 Å². The second-order valence-electron chi connectivity index (χ2n) is 5.40. The molecule has 4 rings (SSSR count). The van der Waals surface area contributed by atoms with E-state index in [0.29, 0.717) is 0 Å². The van der Waals surface area contributed by atoms with E-state index in [0.717, 1.165) is 40.3 Å². The molecule has 6 heteroatoms. The van der Waals surface area contributed by atoms with Gasteiger partial charge in [-0.2, -0.15) is 11.3 Å². The molecule has 0 saturated heterocycles. The van der Waals surface area contributed by atoms with Crippen molar-refractivity contribution in [2.45, 2.75) is 32.6 Å². The van der Waals surface area contributed by atoms with Gasteiger partial charge in [-0.3, -0.25) is 0 Å². The number of nitrogen functional groups attached to an aromatic ring is 1. The van der Waals surface area contributed by atoms with Gasteiger partial charge in [0, 0.05) is 15.8 Å². The summed E-state index contributed by atoms with van der Waals surface area (Å²) in [5.74, 6) is 7.27. The molecule has 3 heterocycles. The molecule has 108 valence electrons. The Labute approximate surface area is 131 Å². The molecular formula is C15H16N4S2. The highest BCUT2D eigenvalue weighted by Crippen LogP contribution is 2.39. The molecule has 3 aromatic heterocycles. The Balaban J connectivity index is 1.98. The van der Waals surface area contributed by atoms with Gasteiger partial charge in [-0.25, -0.2) is 15.8 Å². The Kier molecular flexibility index (Phi) is 3.17. The highest BCUT2D eigenvalue weighted by atomic mass is 32.1. The summed E-state index contributed by atoms with van der Waals surface area (Å²) in [7, 11) is 0. The lowest BCUT2D eigenvalue weighted by Crippen LogP contribution is -2.11. The van der Waals surface area contributed by atoms with E-state index < -0.39 is 0 Å². The zero-order valence-electron chi connectivity index (χ0n) is 11.8. The third kappa shape index (κ3) is 2.06. The standard InChI is InChI=1S/C15H16N4S2/c1-8-6-20-7-10(8)13-17-14(19-16)12-9-4-2-3-5-11(9)21-15(12)18-13/h6-7H,2-5,16H2,1H3,(H,17,18,19). The molecule has 3 N–H and O–H groups in total. The number of nitrogens with one attached hydrogen (secondary N) is 1. The summed E-state index contributed by atoms with van der Waals surface area (Å²) in [6, 6.07) is 0. The van der Waals surface area contributed by atoms with E-state index in [4.69, 9.17) is 10.8 Å². The van der Waals surface area contributed by atoms with Crippen molar-refractivity contribution < 1.29 is 0 Å². The van der Waals surface area contributed by atoms with Crippen LogP contribution in [0.5, 0.6) is 0 Å². The Morgan fingerprint density at radius 1 is 1.19 bits per heavy atom. The first-order valence-corrected chi connectivity index (χ1v) is 8.86. The maximum Gasteiger partial charge on any atom is 0.164 e. The molecule has 4 nitrogen and oxygen atoms in total. The van der Waals surface area contributed by atoms with Crippen molar-refractivity contribution >= 4 is 38.7 Å². The SMILES string of the molecule is Cc1cscc1-c1nc(NN)c2c3c(sc2n1)CCCC3. The Morgan fingerprint density at radius 2 is 2.05 bits per heavy atom. The van der Waals surface area contributed by atoms with Crippen molar-refractivity contribution in [1.29, 1.82) is 0 Å². The summed E-state index contributed by atoms with van der Waals surface area (Å²) in [5.41, 5.74) is 6.51. The smallest absolute Gasteiger partial charge is 0.164 e. The molecule has 21 heavy (non-hydrogen) atoms. The van der Waals surface area contributed by atoms with Crippen LogP contribution in [-0.2, 0) is 12.8 Å². The highest BCUT2D eigenvalue weighted by Gasteiger charge is 2.21. The molecule has 0 fully saturated rings. The number of aromatic nitrogens is 2. The molecule has 1 aliphatic rings. The molecule has 1 aliphatic carbocycles. The molecule has 0 unspecified atom stereocenters. The largest absolute Gasteiger partial charge is 0.308 e. The topological polar surface area (TPSA) is 63.8 Å². The Morgan fingerprint density at radius 3 is 2.81 bits per heavy atom. The van der Waals surface area contributed by atoms with Gasteiger partial charge >= 0.3 is 0 Å². The number of thiophene rings is 2. The minimum absolute atomic E-state index is 0.764. The summed E-state index contributed by atoms with van der Waals surface area (Å²) in [6.45, 7) is 2.09. The van der Waals surface area contributed by atoms with E-state index in [-0.39, 0.29) is 0 Å². The van der Waals surface area contributed by atoms with Gasteiger partial charge in [0.05, 0.1) is 5.39 Å². The number of anilines is 1. The number of rotatable bonds is 2. The van der Waals surface area contributed by atoms with Crippen molar-refractivity contribution in [3.8, 4) is 11.4 Å². The summed E-state index contributed by atoms with van der Waals surface area (Å²) < 4.78 is 0. The van der Waals surface area contributed by atoms with Crippen LogP contribution in [0.4, 0.5) is 5.82 Å². The average molecular weight is 316 g/mol. The summed E-state index contributed by atoms with van der Waals surface area (Å²) in [5, 5.41) is 5.36. The lowest BCUT2D eigenvalue weighted by atomic mass is 9.97. The highest BCUT2D eigenvalue weighted by molar-refractivity contribution is 7.19. The van der Waals surface area contributed by atoms with Gasteiger partial charge in [0.25, 0.3) is 0 Å². The summed E-state index contributed by atoms with van der Waals surface area (Å²) in [4.78, 5) is 12.0. The minimum Gasteiger partial charge on any atom is -0.308 e. The van der Waals surface area contributed by atoms with E-state index in [9.17, 15) is 0 Å². The van der Waals surface area contributed by atoms with Crippen LogP contribution < -0.4 is 11.3 Å². The Bertz CT molecular complexity index is 819. The van der Waals surface area contributed by atoms with Crippen molar-refractivity contribution in [1.82, 2.24) is 9.97 Å². The fourth-order valence-corrected chi connectivity index (χ4v) is 5.06. The summed E-state index contributed by atoms with van der Waals surface area (Å²) >= 11 is 3.48. The fraction of sp³-hybridized carbons (Fsp3) is 0.333. The maximum atomic E-state index is 5.74. The lowest BCUT2D eigenvalue weighted by Gasteiger charge is -2.11. The van der Waals surface area contributed by atoms with E-state index in [1.165, 1.54) is 28.8 Å². The summed E-state index contributed by atoms with van der Waals surface area (Å²) in [6.07, 6.45) is 4.79. The zero-order valence-corrected chi connectivity index (χ0v) is 13.4.